The lowest BCUT2D eigenvalue weighted by Crippen LogP contribution is -2.13. The fourth-order valence-corrected chi connectivity index (χ4v) is 2.39. The Morgan fingerprint density at radius 1 is 0.920 bits per heavy atom. The summed E-state index contributed by atoms with van der Waals surface area (Å²) in [6.07, 6.45) is 10.4. The number of aromatic nitrogens is 5. The topological polar surface area (TPSA) is 77.6 Å². The molecule has 4 aromatic rings. The molecule has 0 unspecified atom stereocenters. The molecule has 1 N–H and O–H groups in total. The van der Waals surface area contributed by atoms with E-state index in [0.29, 0.717) is 17.2 Å². The van der Waals surface area contributed by atoms with Crippen LogP contribution in [0.25, 0.3) is 11.6 Å². The van der Waals surface area contributed by atoms with Crippen LogP contribution in [-0.4, -0.2) is 30.2 Å². The summed E-state index contributed by atoms with van der Waals surface area (Å²) in [6.45, 7) is 0. The fraction of sp³-hybridized carbons (Fsp3) is 0. The highest BCUT2D eigenvalue weighted by Crippen LogP contribution is 2.12. The lowest BCUT2D eigenvalue weighted by atomic mass is 10.2. The Morgan fingerprint density at radius 2 is 1.64 bits per heavy atom. The van der Waals surface area contributed by atoms with E-state index < -0.39 is 0 Å². The number of hydrogen-bond acceptors (Lipinski definition) is 4. The third-order valence-corrected chi connectivity index (χ3v) is 3.64. The van der Waals surface area contributed by atoms with Gasteiger partial charge < -0.3 is 9.88 Å². The van der Waals surface area contributed by atoms with Crippen molar-refractivity contribution >= 4 is 11.6 Å². The summed E-state index contributed by atoms with van der Waals surface area (Å²) < 4.78 is 3.52. The molecule has 0 fully saturated rings. The quantitative estimate of drug-likeness (QED) is 0.624. The third-order valence-electron chi connectivity index (χ3n) is 3.64. The first-order valence-corrected chi connectivity index (χ1v) is 7.66. The minimum absolute atomic E-state index is 0.213. The Hall–Kier alpha value is -3.74. The summed E-state index contributed by atoms with van der Waals surface area (Å²) in [5, 5.41) is 6.84. The van der Waals surface area contributed by atoms with Crippen molar-refractivity contribution in [3.63, 3.8) is 0 Å². The normalized spacial score (nSPS) is 10.6. The van der Waals surface area contributed by atoms with Gasteiger partial charge in [-0.2, -0.15) is 5.10 Å². The Balaban J connectivity index is 1.46. The van der Waals surface area contributed by atoms with Gasteiger partial charge in [-0.25, -0.2) is 14.6 Å². The molecule has 3 aromatic heterocycles. The predicted octanol–water partition coefficient (Wildman–Crippen LogP) is 2.71. The van der Waals surface area contributed by atoms with Crippen LogP contribution < -0.4 is 5.32 Å². The van der Waals surface area contributed by atoms with Gasteiger partial charge in [-0.15, -0.1) is 0 Å². The molecule has 0 aliphatic carbocycles. The highest BCUT2D eigenvalue weighted by atomic mass is 16.1. The van der Waals surface area contributed by atoms with Crippen LogP contribution in [0.5, 0.6) is 0 Å². The number of carbonyl (C=O) groups excluding carboxylic acids is 1. The zero-order valence-corrected chi connectivity index (χ0v) is 13.1. The summed E-state index contributed by atoms with van der Waals surface area (Å²) in [4.78, 5) is 20.7. The van der Waals surface area contributed by atoms with Gasteiger partial charge in [0.2, 0.25) is 0 Å². The van der Waals surface area contributed by atoms with Crippen LogP contribution in [0, 0.1) is 0 Å². The molecule has 0 bridgehead atoms. The molecule has 0 aliphatic rings. The van der Waals surface area contributed by atoms with Crippen molar-refractivity contribution in [3.05, 3.63) is 85.2 Å². The van der Waals surface area contributed by atoms with Crippen molar-refractivity contribution in [1.82, 2.24) is 24.3 Å². The molecule has 25 heavy (non-hydrogen) atoms. The van der Waals surface area contributed by atoms with Crippen LogP contribution >= 0.6 is 0 Å². The van der Waals surface area contributed by atoms with Gasteiger partial charge in [0.25, 0.3) is 11.9 Å². The Morgan fingerprint density at radius 3 is 2.28 bits per heavy atom. The molecule has 0 saturated carbocycles. The first-order chi connectivity index (χ1) is 12.3. The lowest BCUT2D eigenvalue weighted by Gasteiger charge is -2.07. The highest BCUT2D eigenvalue weighted by Gasteiger charge is 2.08. The molecule has 0 atom stereocenters. The summed E-state index contributed by atoms with van der Waals surface area (Å²) in [5.41, 5.74) is 2.08. The van der Waals surface area contributed by atoms with E-state index in [1.807, 2.05) is 41.2 Å². The van der Waals surface area contributed by atoms with E-state index in [0.717, 1.165) is 5.69 Å². The molecule has 7 nitrogen and oxygen atoms in total. The zero-order valence-electron chi connectivity index (χ0n) is 13.1. The maximum atomic E-state index is 12.3. The third kappa shape index (κ3) is 3.16. The number of nitrogens with one attached hydrogen (secondary N) is 1. The van der Waals surface area contributed by atoms with Crippen LogP contribution in [-0.2, 0) is 0 Å². The largest absolute Gasteiger partial charge is 0.324 e. The van der Waals surface area contributed by atoms with Crippen molar-refractivity contribution in [2.45, 2.75) is 0 Å². The summed E-state index contributed by atoms with van der Waals surface area (Å²) >= 11 is 0. The highest BCUT2D eigenvalue weighted by molar-refractivity contribution is 6.04. The first kappa shape index (κ1) is 14.8. The van der Waals surface area contributed by atoms with Crippen molar-refractivity contribution in [2.75, 3.05) is 5.32 Å². The second-order valence-electron chi connectivity index (χ2n) is 5.31. The van der Waals surface area contributed by atoms with E-state index >= 15 is 0 Å². The average molecular weight is 330 g/mol. The molecule has 1 amide bonds. The molecule has 0 radical (unpaired) electrons. The molecule has 122 valence electrons. The molecule has 1 aromatic carbocycles. The van der Waals surface area contributed by atoms with Gasteiger partial charge in [-0.1, -0.05) is 0 Å². The van der Waals surface area contributed by atoms with Crippen molar-refractivity contribution in [1.29, 1.82) is 0 Å². The lowest BCUT2D eigenvalue weighted by molar-refractivity contribution is 0.102. The smallest absolute Gasteiger partial charge is 0.255 e. The van der Waals surface area contributed by atoms with E-state index in [4.69, 9.17) is 0 Å². The predicted molar refractivity (Wildman–Crippen MR) is 92.9 cm³/mol. The van der Waals surface area contributed by atoms with E-state index in [1.165, 1.54) is 0 Å². The monoisotopic (exact) mass is 330 g/mol. The Kier molecular flexibility index (Phi) is 3.80. The van der Waals surface area contributed by atoms with Gasteiger partial charge >= 0.3 is 0 Å². The van der Waals surface area contributed by atoms with Gasteiger partial charge in [0, 0.05) is 36.0 Å². The van der Waals surface area contributed by atoms with Crippen molar-refractivity contribution < 1.29 is 4.79 Å². The minimum atomic E-state index is -0.213. The second kappa shape index (κ2) is 6.40. The number of rotatable bonds is 4. The molecule has 3 heterocycles. The number of nitrogens with zero attached hydrogens (tertiary/aromatic N) is 5. The SMILES string of the molecule is O=C(Nc1cnc(-n2cccn2)nc1)c1ccc(-n2cccc2)cc1. The molecular formula is C18H14N6O. The van der Waals surface area contributed by atoms with Gasteiger partial charge in [0.15, 0.2) is 0 Å². The van der Waals surface area contributed by atoms with Crippen LogP contribution in [0.3, 0.4) is 0 Å². The maximum absolute atomic E-state index is 12.3. The Labute approximate surface area is 143 Å². The van der Waals surface area contributed by atoms with Gasteiger partial charge in [0.1, 0.15) is 0 Å². The molecule has 0 spiro atoms. The molecular weight excluding hydrogens is 316 g/mol. The number of carbonyl (C=O) groups is 1. The molecule has 4 rings (SSSR count). The van der Waals surface area contributed by atoms with Crippen molar-refractivity contribution in [3.8, 4) is 11.6 Å². The number of hydrogen-bond donors (Lipinski definition) is 1. The molecule has 0 saturated heterocycles. The van der Waals surface area contributed by atoms with E-state index in [9.17, 15) is 4.79 Å². The van der Waals surface area contributed by atoms with Crippen LogP contribution in [0.2, 0.25) is 0 Å². The maximum Gasteiger partial charge on any atom is 0.255 e. The standard InChI is InChI=1S/C18H14N6O/c25-17(14-4-6-16(7-5-14)23-9-1-2-10-23)22-15-12-19-18(20-13-15)24-11-3-8-21-24/h1-13H,(H,22,25). The minimum Gasteiger partial charge on any atom is -0.324 e. The Bertz CT molecular complexity index is 958. The summed E-state index contributed by atoms with van der Waals surface area (Å²) in [6, 6.07) is 13.0. The second-order valence-corrected chi connectivity index (χ2v) is 5.31. The number of amides is 1. The van der Waals surface area contributed by atoms with E-state index in [2.05, 4.69) is 20.4 Å². The van der Waals surface area contributed by atoms with Gasteiger partial charge in [-0.3, -0.25) is 4.79 Å². The average Bonchev–Trinajstić information content (AvgIpc) is 3.36. The van der Waals surface area contributed by atoms with Crippen molar-refractivity contribution in [2.24, 2.45) is 0 Å². The fourth-order valence-electron chi connectivity index (χ4n) is 2.39. The number of benzene rings is 1. The van der Waals surface area contributed by atoms with Crippen LogP contribution in [0.1, 0.15) is 10.4 Å². The molecule has 7 heteroatoms. The van der Waals surface area contributed by atoms with E-state index in [-0.39, 0.29) is 5.91 Å². The summed E-state index contributed by atoms with van der Waals surface area (Å²) in [7, 11) is 0. The van der Waals surface area contributed by atoms with E-state index in [1.54, 1.807) is 47.7 Å². The van der Waals surface area contributed by atoms with Crippen LogP contribution in [0.4, 0.5) is 5.69 Å². The number of anilines is 1. The molecule has 0 aliphatic heterocycles. The zero-order chi connectivity index (χ0) is 17.1. The van der Waals surface area contributed by atoms with Gasteiger partial charge in [0.05, 0.1) is 18.1 Å². The first-order valence-electron chi connectivity index (χ1n) is 7.66. The van der Waals surface area contributed by atoms with Crippen LogP contribution in [0.15, 0.2) is 79.6 Å². The summed E-state index contributed by atoms with van der Waals surface area (Å²) in [5.74, 6) is 0.230. The van der Waals surface area contributed by atoms with Gasteiger partial charge in [-0.05, 0) is 42.5 Å².